The smallest absolute Gasteiger partial charge is 0.133 e. The molecular weight excluding hydrogens is 366 g/mol. The second-order valence-corrected chi connectivity index (χ2v) is 5.47. The Balaban J connectivity index is 0.00000242. The Morgan fingerprint density at radius 2 is 1.82 bits per heavy atom. The standard InChI is InChI=1S/C17H20BrNO2.ClH/c1-3-21-17-9-8-13(10-15(17)18)11-19-12-14-6-4-5-7-16(14)20-2;/h4-10,19H,3,11-12H2,1-2H3;1H. The molecule has 22 heavy (non-hydrogen) atoms. The average molecular weight is 387 g/mol. The van der Waals surface area contributed by atoms with E-state index >= 15 is 0 Å². The predicted octanol–water partition coefficient (Wildman–Crippen LogP) is 4.57. The molecule has 0 heterocycles. The third-order valence-electron chi connectivity index (χ3n) is 3.13. The van der Waals surface area contributed by atoms with Gasteiger partial charge in [-0.05, 0) is 46.6 Å². The molecule has 0 saturated carbocycles. The van der Waals surface area contributed by atoms with E-state index in [1.165, 1.54) is 5.56 Å². The van der Waals surface area contributed by atoms with Gasteiger partial charge < -0.3 is 14.8 Å². The van der Waals surface area contributed by atoms with Crippen molar-refractivity contribution in [2.75, 3.05) is 13.7 Å². The van der Waals surface area contributed by atoms with Crippen molar-refractivity contribution in [1.82, 2.24) is 5.32 Å². The zero-order chi connectivity index (χ0) is 15.1. The van der Waals surface area contributed by atoms with Gasteiger partial charge in [-0.3, -0.25) is 0 Å². The molecule has 0 saturated heterocycles. The highest BCUT2D eigenvalue weighted by Gasteiger charge is 2.04. The SMILES string of the molecule is CCOc1ccc(CNCc2ccccc2OC)cc1Br.Cl. The molecule has 0 bridgehead atoms. The van der Waals surface area contributed by atoms with Crippen LogP contribution in [0.1, 0.15) is 18.1 Å². The van der Waals surface area contributed by atoms with E-state index in [4.69, 9.17) is 9.47 Å². The minimum absolute atomic E-state index is 0. The molecule has 0 aliphatic heterocycles. The van der Waals surface area contributed by atoms with Crippen LogP contribution < -0.4 is 14.8 Å². The van der Waals surface area contributed by atoms with E-state index in [1.54, 1.807) is 7.11 Å². The lowest BCUT2D eigenvalue weighted by atomic mass is 10.2. The first kappa shape index (κ1) is 18.8. The largest absolute Gasteiger partial charge is 0.496 e. The molecule has 2 aromatic carbocycles. The minimum atomic E-state index is 0. The van der Waals surface area contributed by atoms with Crippen molar-refractivity contribution < 1.29 is 9.47 Å². The van der Waals surface area contributed by atoms with Crippen molar-refractivity contribution in [2.45, 2.75) is 20.0 Å². The summed E-state index contributed by atoms with van der Waals surface area (Å²) in [5, 5.41) is 3.43. The number of hydrogen-bond donors (Lipinski definition) is 1. The lowest BCUT2D eigenvalue weighted by molar-refractivity contribution is 0.338. The summed E-state index contributed by atoms with van der Waals surface area (Å²) < 4.78 is 11.8. The maximum Gasteiger partial charge on any atom is 0.133 e. The fourth-order valence-corrected chi connectivity index (χ4v) is 2.66. The second-order valence-electron chi connectivity index (χ2n) is 4.61. The van der Waals surface area contributed by atoms with E-state index in [2.05, 4.69) is 39.4 Å². The molecule has 0 amide bonds. The van der Waals surface area contributed by atoms with Crippen LogP contribution >= 0.6 is 28.3 Å². The van der Waals surface area contributed by atoms with Gasteiger partial charge in [0.25, 0.3) is 0 Å². The van der Waals surface area contributed by atoms with E-state index in [9.17, 15) is 0 Å². The zero-order valence-corrected chi connectivity index (χ0v) is 15.2. The Kier molecular flexibility index (Phi) is 8.31. The number of benzene rings is 2. The van der Waals surface area contributed by atoms with Crippen LogP contribution in [-0.2, 0) is 13.1 Å². The van der Waals surface area contributed by atoms with Gasteiger partial charge in [-0.15, -0.1) is 12.4 Å². The van der Waals surface area contributed by atoms with Gasteiger partial charge in [-0.2, -0.15) is 0 Å². The van der Waals surface area contributed by atoms with Crippen molar-refractivity contribution in [2.24, 2.45) is 0 Å². The Bertz CT molecular complexity index is 593. The topological polar surface area (TPSA) is 30.5 Å². The zero-order valence-electron chi connectivity index (χ0n) is 12.8. The maximum atomic E-state index is 5.51. The molecule has 2 rings (SSSR count). The highest BCUT2D eigenvalue weighted by molar-refractivity contribution is 9.10. The first-order valence-electron chi connectivity index (χ1n) is 6.98. The van der Waals surface area contributed by atoms with Crippen LogP contribution in [0.3, 0.4) is 0 Å². The third-order valence-corrected chi connectivity index (χ3v) is 3.75. The summed E-state index contributed by atoms with van der Waals surface area (Å²) in [6.45, 7) is 4.22. The second kappa shape index (κ2) is 9.72. The maximum absolute atomic E-state index is 5.51. The van der Waals surface area contributed by atoms with Crippen molar-refractivity contribution in [1.29, 1.82) is 0 Å². The highest BCUT2D eigenvalue weighted by atomic mass is 79.9. The number of methoxy groups -OCH3 is 1. The minimum Gasteiger partial charge on any atom is -0.496 e. The van der Waals surface area contributed by atoms with E-state index in [-0.39, 0.29) is 12.4 Å². The fraction of sp³-hybridized carbons (Fsp3) is 0.294. The molecule has 2 aromatic rings. The molecule has 0 radical (unpaired) electrons. The Hall–Kier alpha value is -1.23. The molecule has 5 heteroatoms. The summed E-state index contributed by atoms with van der Waals surface area (Å²) in [6, 6.07) is 14.2. The van der Waals surface area contributed by atoms with Crippen molar-refractivity contribution >= 4 is 28.3 Å². The quantitative estimate of drug-likeness (QED) is 0.756. The van der Waals surface area contributed by atoms with Crippen LogP contribution in [0.2, 0.25) is 0 Å². The Labute approximate surface area is 146 Å². The van der Waals surface area contributed by atoms with Gasteiger partial charge in [0.15, 0.2) is 0 Å². The van der Waals surface area contributed by atoms with Crippen LogP contribution in [0.15, 0.2) is 46.9 Å². The molecule has 3 nitrogen and oxygen atoms in total. The summed E-state index contributed by atoms with van der Waals surface area (Å²) >= 11 is 3.53. The normalized spacial score (nSPS) is 9.95. The average Bonchev–Trinajstić information content (AvgIpc) is 2.50. The van der Waals surface area contributed by atoms with Crippen LogP contribution in [-0.4, -0.2) is 13.7 Å². The predicted molar refractivity (Wildman–Crippen MR) is 96.1 cm³/mol. The Morgan fingerprint density at radius 3 is 2.50 bits per heavy atom. The van der Waals surface area contributed by atoms with Crippen molar-refractivity contribution in [3.8, 4) is 11.5 Å². The fourth-order valence-electron chi connectivity index (χ4n) is 2.12. The number of para-hydroxylation sites is 1. The summed E-state index contributed by atoms with van der Waals surface area (Å²) in [6.07, 6.45) is 0. The van der Waals surface area contributed by atoms with Crippen LogP contribution in [0, 0.1) is 0 Å². The van der Waals surface area contributed by atoms with E-state index in [1.807, 2.05) is 31.2 Å². The van der Waals surface area contributed by atoms with E-state index < -0.39 is 0 Å². The number of hydrogen-bond acceptors (Lipinski definition) is 3. The highest BCUT2D eigenvalue weighted by Crippen LogP contribution is 2.26. The first-order valence-corrected chi connectivity index (χ1v) is 7.77. The molecule has 0 aliphatic rings. The van der Waals surface area contributed by atoms with Crippen molar-refractivity contribution in [3.05, 3.63) is 58.1 Å². The van der Waals surface area contributed by atoms with Crippen molar-refractivity contribution in [3.63, 3.8) is 0 Å². The molecule has 120 valence electrons. The lowest BCUT2D eigenvalue weighted by Gasteiger charge is -2.11. The lowest BCUT2D eigenvalue weighted by Crippen LogP contribution is -2.13. The van der Waals surface area contributed by atoms with Crippen LogP contribution in [0.25, 0.3) is 0 Å². The summed E-state index contributed by atoms with van der Waals surface area (Å²) in [5.41, 5.74) is 2.37. The van der Waals surface area contributed by atoms with Crippen LogP contribution in [0.4, 0.5) is 0 Å². The molecule has 0 aromatic heterocycles. The molecule has 0 unspecified atom stereocenters. The van der Waals surface area contributed by atoms with Gasteiger partial charge in [0.05, 0.1) is 18.2 Å². The number of halogens is 2. The van der Waals surface area contributed by atoms with Crippen LogP contribution in [0.5, 0.6) is 11.5 Å². The van der Waals surface area contributed by atoms with Gasteiger partial charge in [-0.1, -0.05) is 24.3 Å². The number of ether oxygens (including phenoxy) is 2. The van der Waals surface area contributed by atoms with E-state index in [0.717, 1.165) is 34.6 Å². The van der Waals surface area contributed by atoms with E-state index in [0.29, 0.717) is 6.61 Å². The van der Waals surface area contributed by atoms with Gasteiger partial charge in [0.1, 0.15) is 11.5 Å². The monoisotopic (exact) mass is 385 g/mol. The molecule has 0 aliphatic carbocycles. The Morgan fingerprint density at radius 1 is 1.05 bits per heavy atom. The van der Waals surface area contributed by atoms with Gasteiger partial charge in [0, 0.05) is 18.7 Å². The number of nitrogens with one attached hydrogen (secondary N) is 1. The van der Waals surface area contributed by atoms with Gasteiger partial charge >= 0.3 is 0 Å². The van der Waals surface area contributed by atoms with Gasteiger partial charge in [-0.25, -0.2) is 0 Å². The first-order chi connectivity index (χ1) is 10.2. The molecule has 0 spiro atoms. The summed E-state index contributed by atoms with van der Waals surface area (Å²) in [4.78, 5) is 0. The van der Waals surface area contributed by atoms with Gasteiger partial charge in [0.2, 0.25) is 0 Å². The molecule has 0 fully saturated rings. The summed E-state index contributed by atoms with van der Waals surface area (Å²) in [5.74, 6) is 1.80. The third kappa shape index (κ3) is 5.20. The molecular formula is C17H21BrClNO2. The summed E-state index contributed by atoms with van der Waals surface area (Å²) in [7, 11) is 1.70. The molecule has 0 atom stereocenters. The molecule has 1 N–H and O–H groups in total. The number of rotatable bonds is 7.